The summed E-state index contributed by atoms with van der Waals surface area (Å²) in [5.74, 6) is -0.379. The summed E-state index contributed by atoms with van der Waals surface area (Å²) in [5, 5.41) is 2.81. The topological polar surface area (TPSA) is 69.7 Å². The first-order valence-electron chi connectivity index (χ1n) is 9.60. The number of carbonyl (C=O) groups excluding carboxylic acids is 3. The number of hydrogen-bond acceptors (Lipinski definition) is 3. The molecule has 2 aliphatic rings. The highest BCUT2D eigenvalue weighted by Gasteiger charge is 2.34. The fourth-order valence-electron chi connectivity index (χ4n) is 3.96. The van der Waals surface area contributed by atoms with E-state index in [-0.39, 0.29) is 30.2 Å². The van der Waals surface area contributed by atoms with Gasteiger partial charge in [0.05, 0.1) is 11.4 Å². The molecule has 0 bridgehead atoms. The van der Waals surface area contributed by atoms with E-state index in [0.717, 1.165) is 11.3 Å². The first-order chi connectivity index (χ1) is 13.5. The molecule has 3 amide bonds. The molecular weight excluding hydrogens is 354 g/mol. The molecule has 0 unspecified atom stereocenters. The van der Waals surface area contributed by atoms with Gasteiger partial charge >= 0.3 is 0 Å². The third-order valence-electron chi connectivity index (χ3n) is 5.54. The summed E-state index contributed by atoms with van der Waals surface area (Å²) < 4.78 is 0. The van der Waals surface area contributed by atoms with Gasteiger partial charge < -0.3 is 15.1 Å². The van der Waals surface area contributed by atoms with Crippen LogP contribution in [-0.2, 0) is 9.59 Å². The Kier molecular flexibility index (Phi) is 4.86. The van der Waals surface area contributed by atoms with Crippen LogP contribution >= 0.6 is 0 Å². The zero-order valence-corrected chi connectivity index (χ0v) is 15.9. The average molecular weight is 377 g/mol. The molecule has 1 N–H and O–H groups in total. The highest BCUT2D eigenvalue weighted by molar-refractivity contribution is 6.10. The van der Waals surface area contributed by atoms with Crippen LogP contribution in [0, 0.1) is 12.8 Å². The van der Waals surface area contributed by atoms with Gasteiger partial charge in [-0.2, -0.15) is 0 Å². The summed E-state index contributed by atoms with van der Waals surface area (Å²) in [6.07, 6.45) is 1.22. The van der Waals surface area contributed by atoms with Gasteiger partial charge in [0.15, 0.2) is 0 Å². The number of fused-ring (bicyclic) bond motifs is 1. The van der Waals surface area contributed by atoms with E-state index in [2.05, 4.69) is 5.32 Å². The van der Waals surface area contributed by atoms with Crippen molar-refractivity contribution in [1.82, 2.24) is 4.90 Å². The largest absolute Gasteiger partial charge is 0.339 e. The minimum Gasteiger partial charge on any atom is -0.339 e. The summed E-state index contributed by atoms with van der Waals surface area (Å²) in [7, 11) is 0. The molecule has 1 fully saturated rings. The molecule has 28 heavy (non-hydrogen) atoms. The summed E-state index contributed by atoms with van der Waals surface area (Å²) in [4.78, 5) is 41.3. The van der Waals surface area contributed by atoms with Crippen LogP contribution in [0.5, 0.6) is 0 Å². The van der Waals surface area contributed by atoms with Crippen molar-refractivity contribution in [1.29, 1.82) is 0 Å². The number of para-hydroxylation sites is 2. The monoisotopic (exact) mass is 377 g/mol. The molecule has 6 nitrogen and oxygen atoms in total. The molecule has 2 aromatic rings. The van der Waals surface area contributed by atoms with Crippen molar-refractivity contribution in [2.24, 2.45) is 5.92 Å². The number of amides is 3. The molecule has 2 aliphatic heterocycles. The third kappa shape index (κ3) is 3.38. The van der Waals surface area contributed by atoms with E-state index in [4.69, 9.17) is 0 Å². The molecule has 2 aromatic carbocycles. The Balaban J connectivity index is 1.44. The normalized spacial score (nSPS) is 17.1. The standard InChI is InChI=1S/C22H23N3O3/c1-15-6-2-3-7-17(15)22(28)24-12-10-16(11-13-24)21(27)25-14-20(26)23-18-8-4-5-9-19(18)25/h2-9,16H,10-14H2,1H3,(H,23,26). The van der Waals surface area contributed by atoms with Crippen LogP contribution in [0.1, 0.15) is 28.8 Å². The summed E-state index contributed by atoms with van der Waals surface area (Å²) in [6.45, 7) is 3.07. The molecule has 0 atom stereocenters. The van der Waals surface area contributed by atoms with Crippen molar-refractivity contribution in [3.8, 4) is 0 Å². The number of rotatable bonds is 2. The molecular formula is C22H23N3O3. The molecule has 0 saturated carbocycles. The summed E-state index contributed by atoms with van der Waals surface area (Å²) in [6, 6.07) is 14.9. The number of hydrogen-bond donors (Lipinski definition) is 1. The maximum Gasteiger partial charge on any atom is 0.254 e. The molecule has 4 rings (SSSR count). The number of carbonyl (C=O) groups is 3. The predicted molar refractivity (Wildman–Crippen MR) is 107 cm³/mol. The zero-order chi connectivity index (χ0) is 19.7. The van der Waals surface area contributed by atoms with Crippen LogP contribution in [0.2, 0.25) is 0 Å². The van der Waals surface area contributed by atoms with Crippen molar-refractivity contribution in [2.75, 3.05) is 29.9 Å². The molecule has 0 spiro atoms. The van der Waals surface area contributed by atoms with Crippen LogP contribution in [0.3, 0.4) is 0 Å². The molecule has 0 aromatic heterocycles. The SMILES string of the molecule is Cc1ccccc1C(=O)N1CCC(C(=O)N2CC(=O)Nc3ccccc32)CC1. The van der Waals surface area contributed by atoms with Crippen molar-refractivity contribution >= 4 is 29.1 Å². The van der Waals surface area contributed by atoms with Gasteiger partial charge in [0.25, 0.3) is 5.91 Å². The zero-order valence-electron chi connectivity index (χ0n) is 15.9. The van der Waals surface area contributed by atoms with E-state index >= 15 is 0 Å². The second kappa shape index (κ2) is 7.46. The average Bonchev–Trinajstić information content (AvgIpc) is 2.72. The van der Waals surface area contributed by atoms with Gasteiger partial charge in [-0.3, -0.25) is 14.4 Å². The quantitative estimate of drug-likeness (QED) is 0.875. The van der Waals surface area contributed by atoms with E-state index in [1.807, 2.05) is 54.3 Å². The lowest BCUT2D eigenvalue weighted by Gasteiger charge is -2.36. The Labute approximate surface area is 164 Å². The lowest BCUT2D eigenvalue weighted by Crippen LogP contribution is -2.48. The molecule has 1 saturated heterocycles. The van der Waals surface area contributed by atoms with Gasteiger partial charge in [0.1, 0.15) is 6.54 Å². The van der Waals surface area contributed by atoms with E-state index < -0.39 is 0 Å². The highest BCUT2D eigenvalue weighted by Crippen LogP contribution is 2.32. The van der Waals surface area contributed by atoms with Gasteiger partial charge in [-0.05, 0) is 43.5 Å². The van der Waals surface area contributed by atoms with Gasteiger partial charge in [0, 0.05) is 24.6 Å². The fourth-order valence-corrected chi connectivity index (χ4v) is 3.96. The Morgan fingerprint density at radius 2 is 1.68 bits per heavy atom. The van der Waals surface area contributed by atoms with E-state index in [9.17, 15) is 14.4 Å². The molecule has 0 radical (unpaired) electrons. The number of aryl methyl sites for hydroxylation is 1. The van der Waals surface area contributed by atoms with Crippen molar-refractivity contribution in [2.45, 2.75) is 19.8 Å². The lowest BCUT2D eigenvalue weighted by atomic mass is 9.93. The number of piperidine rings is 1. The highest BCUT2D eigenvalue weighted by atomic mass is 16.2. The van der Waals surface area contributed by atoms with Gasteiger partial charge in [-0.1, -0.05) is 30.3 Å². The Hall–Kier alpha value is -3.15. The van der Waals surface area contributed by atoms with Crippen molar-refractivity contribution in [3.63, 3.8) is 0 Å². The molecule has 0 aliphatic carbocycles. The first-order valence-corrected chi connectivity index (χ1v) is 9.60. The van der Waals surface area contributed by atoms with E-state index in [1.54, 1.807) is 11.0 Å². The second-order valence-electron chi connectivity index (χ2n) is 7.37. The number of anilines is 2. The Morgan fingerprint density at radius 1 is 1.00 bits per heavy atom. The smallest absolute Gasteiger partial charge is 0.254 e. The second-order valence-corrected chi connectivity index (χ2v) is 7.37. The number of likely N-dealkylation sites (tertiary alicyclic amines) is 1. The van der Waals surface area contributed by atoms with Gasteiger partial charge in [-0.15, -0.1) is 0 Å². The molecule has 2 heterocycles. The lowest BCUT2D eigenvalue weighted by molar-refractivity contribution is -0.125. The maximum absolute atomic E-state index is 13.1. The number of benzene rings is 2. The van der Waals surface area contributed by atoms with Crippen LogP contribution in [0.4, 0.5) is 11.4 Å². The fraction of sp³-hybridized carbons (Fsp3) is 0.318. The number of nitrogens with one attached hydrogen (secondary N) is 1. The van der Waals surface area contributed by atoms with Crippen LogP contribution in [0.25, 0.3) is 0 Å². The first kappa shape index (κ1) is 18.2. The maximum atomic E-state index is 13.1. The predicted octanol–water partition coefficient (Wildman–Crippen LogP) is 2.83. The Bertz CT molecular complexity index is 932. The minimum absolute atomic E-state index is 0.0201. The van der Waals surface area contributed by atoms with Crippen LogP contribution in [0.15, 0.2) is 48.5 Å². The summed E-state index contributed by atoms with van der Waals surface area (Å²) >= 11 is 0. The Morgan fingerprint density at radius 3 is 2.43 bits per heavy atom. The molecule has 6 heteroatoms. The van der Waals surface area contributed by atoms with Crippen LogP contribution < -0.4 is 10.2 Å². The minimum atomic E-state index is -0.181. The van der Waals surface area contributed by atoms with Gasteiger partial charge in [0.2, 0.25) is 11.8 Å². The third-order valence-corrected chi connectivity index (χ3v) is 5.54. The number of nitrogens with zero attached hydrogens (tertiary/aromatic N) is 2. The summed E-state index contributed by atoms with van der Waals surface area (Å²) in [5.41, 5.74) is 3.08. The van der Waals surface area contributed by atoms with E-state index in [0.29, 0.717) is 37.2 Å². The molecule has 144 valence electrons. The van der Waals surface area contributed by atoms with Crippen LogP contribution in [-0.4, -0.2) is 42.3 Å². The van der Waals surface area contributed by atoms with Crippen molar-refractivity contribution < 1.29 is 14.4 Å². The van der Waals surface area contributed by atoms with E-state index in [1.165, 1.54) is 0 Å². The van der Waals surface area contributed by atoms with Gasteiger partial charge in [-0.25, -0.2) is 0 Å². The van der Waals surface area contributed by atoms with Crippen molar-refractivity contribution in [3.05, 3.63) is 59.7 Å².